The normalized spacial score (nSPS) is 11.5. The standard InChI is InChI=1S/C30H27F3O5/c1-4-36-27(34)16-14-25-18(2)24-13-15-26(19(3)28(24)38-29(25)35)37-17-20-5-7-21(8-6-20)22-9-11-23(12-10-22)30(31,32)33/h5-13,15H,4,14,16-17H2,1-3H3. The van der Waals surface area contributed by atoms with Crippen molar-refractivity contribution in [1.82, 2.24) is 0 Å². The smallest absolute Gasteiger partial charge is 0.416 e. The SMILES string of the molecule is CCOC(=O)CCc1c(C)c2ccc(OCc3ccc(-c4ccc(C(F)(F)F)cc4)cc3)c(C)c2oc1=O. The van der Waals surface area contributed by atoms with E-state index >= 15 is 0 Å². The van der Waals surface area contributed by atoms with E-state index in [0.29, 0.717) is 28.0 Å². The molecule has 0 aliphatic heterocycles. The number of aryl methyl sites for hydroxylation is 2. The molecule has 38 heavy (non-hydrogen) atoms. The molecule has 198 valence electrons. The molecule has 0 saturated carbocycles. The topological polar surface area (TPSA) is 65.7 Å². The highest BCUT2D eigenvalue weighted by molar-refractivity contribution is 5.85. The maximum absolute atomic E-state index is 12.8. The first-order chi connectivity index (χ1) is 18.1. The minimum Gasteiger partial charge on any atom is -0.488 e. The summed E-state index contributed by atoms with van der Waals surface area (Å²) in [5, 5.41) is 0.772. The number of esters is 1. The highest BCUT2D eigenvalue weighted by atomic mass is 19.4. The van der Waals surface area contributed by atoms with Gasteiger partial charge in [0.15, 0.2) is 0 Å². The summed E-state index contributed by atoms with van der Waals surface area (Å²) in [5.41, 5.74) is 3.49. The molecule has 0 bridgehead atoms. The van der Waals surface area contributed by atoms with Gasteiger partial charge in [-0.2, -0.15) is 13.2 Å². The average Bonchev–Trinajstić information content (AvgIpc) is 2.89. The molecule has 0 aliphatic rings. The molecule has 0 saturated heterocycles. The van der Waals surface area contributed by atoms with Crippen LogP contribution in [0.15, 0.2) is 69.9 Å². The van der Waals surface area contributed by atoms with Gasteiger partial charge < -0.3 is 13.9 Å². The summed E-state index contributed by atoms with van der Waals surface area (Å²) in [7, 11) is 0. The van der Waals surface area contributed by atoms with Crippen LogP contribution in [-0.2, 0) is 28.7 Å². The first-order valence-corrected chi connectivity index (χ1v) is 12.2. The average molecular weight is 525 g/mol. The van der Waals surface area contributed by atoms with Crippen molar-refractivity contribution in [2.24, 2.45) is 0 Å². The fourth-order valence-corrected chi connectivity index (χ4v) is 4.28. The summed E-state index contributed by atoms with van der Waals surface area (Å²) in [5.74, 6) is 0.199. The van der Waals surface area contributed by atoms with E-state index in [4.69, 9.17) is 13.9 Å². The van der Waals surface area contributed by atoms with Crippen molar-refractivity contribution in [3.63, 3.8) is 0 Å². The first-order valence-electron chi connectivity index (χ1n) is 12.2. The molecule has 0 amide bonds. The minimum atomic E-state index is -4.37. The number of carbonyl (C=O) groups is 1. The number of benzene rings is 3. The molecule has 4 rings (SSSR count). The quantitative estimate of drug-likeness (QED) is 0.181. The van der Waals surface area contributed by atoms with Crippen LogP contribution in [0.5, 0.6) is 5.75 Å². The number of rotatable bonds is 8. The van der Waals surface area contributed by atoms with Gasteiger partial charge in [0.2, 0.25) is 0 Å². The lowest BCUT2D eigenvalue weighted by Gasteiger charge is -2.14. The Morgan fingerprint density at radius 3 is 2.13 bits per heavy atom. The highest BCUT2D eigenvalue weighted by Gasteiger charge is 2.30. The van der Waals surface area contributed by atoms with Crippen LogP contribution in [-0.4, -0.2) is 12.6 Å². The molecule has 0 N–H and O–H groups in total. The number of carbonyl (C=O) groups excluding carboxylic acids is 1. The Bertz CT molecular complexity index is 1500. The second-order valence-electron chi connectivity index (χ2n) is 8.92. The van der Waals surface area contributed by atoms with E-state index in [-0.39, 0.29) is 32.0 Å². The predicted molar refractivity (Wildman–Crippen MR) is 138 cm³/mol. The van der Waals surface area contributed by atoms with Gasteiger partial charge in [0.1, 0.15) is 17.9 Å². The number of hydrogen-bond donors (Lipinski definition) is 0. The molecule has 0 unspecified atom stereocenters. The Kier molecular flexibility index (Phi) is 7.90. The fraction of sp³-hybridized carbons (Fsp3) is 0.267. The van der Waals surface area contributed by atoms with Gasteiger partial charge >= 0.3 is 17.8 Å². The monoisotopic (exact) mass is 524 g/mol. The lowest BCUT2D eigenvalue weighted by Crippen LogP contribution is -2.14. The molecule has 8 heteroatoms. The van der Waals surface area contributed by atoms with E-state index in [1.54, 1.807) is 6.92 Å². The maximum Gasteiger partial charge on any atom is 0.416 e. The Morgan fingerprint density at radius 1 is 0.895 bits per heavy atom. The summed E-state index contributed by atoms with van der Waals surface area (Å²) in [6.45, 7) is 5.91. The third-order valence-electron chi connectivity index (χ3n) is 6.43. The summed E-state index contributed by atoms with van der Waals surface area (Å²) in [6.07, 6.45) is -4.03. The molecule has 0 spiro atoms. The number of hydrogen-bond acceptors (Lipinski definition) is 5. The molecule has 3 aromatic carbocycles. The molecular formula is C30H27F3O5. The molecule has 4 aromatic rings. The lowest BCUT2D eigenvalue weighted by molar-refractivity contribution is -0.143. The van der Waals surface area contributed by atoms with Crippen molar-refractivity contribution in [2.75, 3.05) is 6.61 Å². The van der Waals surface area contributed by atoms with Gasteiger partial charge in [-0.05, 0) is 73.7 Å². The third kappa shape index (κ3) is 5.90. The van der Waals surface area contributed by atoms with Crippen molar-refractivity contribution in [2.45, 2.75) is 46.4 Å². The fourth-order valence-electron chi connectivity index (χ4n) is 4.28. The number of fused-ring (bicyclic) bond motifs is 1. The van der Waals surface area contributed by atoms with Crippen molar-refractivity contribution in [3.8, 4) is 16.9 Å². The Morgan fingerprint density at radius 2 is 1.53 bits per heavy atom. The van der Waals surface area contributed by atoms with Crippen LogP contribution in [0, 0.1) is 13.8 Å². The van der Waals surface area contributed by atoms with E-state index in [1.807, 2.05) is 50.2 Å². The number of alkyl halides is 3. The van der Waals surface area contributed by atoms with Crippen LogP contribution in [0.4, 0.5) is 13.2 Å². The number of ether oxygens (including phenoxy) is 2. The van der Waals surface area contributed by atoms with E-state index in [2.05, 4.69) is 0 Å². The summed E-state index contributed by atoms with van der Waals surface area (Å²) in [6, 6.07) is 16.0. The Balaban J connectivity index is 1.48. The predicted octanol–water partition coefficient (Wildman–Crippen LogP) is 7.17. The Hall–Kier alpha value is -4.07. The Labute approximate surface area is 217 Å². The molecule has 0 aliphatic carbocycles. The van der Waals surface area contributed by atoms with E-state index < -0.39 is 17.4 Å². The van der Waals surface area contributed by atoms with Crippen molar-refractivity contribution >= 4 is 16.9 Å². The molecule has 0 atom stereocenters. The first kappa shape index (κ1) is 27.0. The van der Waals surface area contributed by atoms with Crippen LogP contribution in [0.25, 0.3) is 22.1 Å². The largest absolute Gasteiger partial charge is 0.488 e. The van der Waals surface area contributed by atoms with Gasteiger partial charge in [0, 0.05) is 22.9 Å². The molecular weight excluding hydrogens is 497 g/mol. The highest BCUT2D eigenvalue weighted by Crippen LogP contribution is 2.32. The summed E-state index contributed by atoms with van der Waals surface area (Å²) >= 11 is 0. The number of halogens is 3. The second kappa shape index (κ2) is 11.1. The van der Waals surface area contributed by atoms with E-state index in [1.165, 1.54) is 12.1 Å². The van der Waals surface area contributed by atoms with Crippen LogP contribution >= 0.6 is 0 Å². The van der Waals surface area contributed by atoms with E-state index in [0.717, 1.165) is 34.2 Å². The summed E-state index contributed by atoms with van der Waals surface area (Å²) < 4.78 is 55.0. The zero-order valence-corrected chi connectivity index (χ0v) is 21.3. The van der Waals surface area contributed by atoms with Gasteiger partial charge in [-0.15, -0.1) is 0 Å². The van der Waals surface area contributed by atoms with Crippen molar-refractivity contribution in [3.05, 3.63) is 98.9 Å². The summed E-state index contributed by atoms with van der Waals surface area (Å²) in [4.78, 5) is 24.4. The van der Waals surface area contributed by atoms with Gasteiger partial charge in [0.25, 0.3) is 0 Å². The van der Waals surface area contributed by atoms with Crippen LogP contribution < -0.4 is 10.4 Å². The second-order valence-corrected chi connectivity index (χ2v) is 8.92. The third-order valence-corrected chi connectivity index (χ3v) is 6.43. The zero-order valence-electron chi connectivity index (χ0n) is 21.3. The maximum atomic E-state index is 12.8. The molecule has 0 fully saturated rings. The van der Waals surface area contributed by atoms with Gasteiger partial charge in [-0.25, -0.2) is 4.79 Å². The lowest BCUT2D eigenvalue weighted by atomic mass is 10.0. The molecule has 1 aromatic heterocycles. The van der Waals surface area contributed by atoms with E-state index in [9.17, 15) is 22.8 Å². The molecule has 0 radical (unpaired) electrons. The van der Waals surface area contributed by atoms with Crippen molar-refractivity contribution < 1.29 is 31.9 Å². The van der Waals surface area contributed by atoms with Crippen molar-refractivity contribution in [1.29, 1.82) is 0 Å². The zero-order chi connectivity index (χ0) is 27.4. The molecule has 5 nitrogen and oxygen atoms in total. The van der Waals surface area contributed by atoms with Crippen LogP contribution in [0.1, 0.15) is 41.2 Å². The van der Waals surface area contributed by atoms with Crippen LogP contribution in [0.3, 0.4) is 0 Å². The van der Waals surface area contributed by atoms with Gasteiger partial charge in [-0.3, -0.25) is 4.79 Å². The molecule has 1 heterocycles. The minimum absolute atomic E-state index is 0.1000. The van der Waals surface area contributed by atoms with Crippen LogP contribution in [0.2, 0.25) is 0 Å². The van der Waals surface area contributed by atoms with Gasteiger partial charge in [0.05, 0.1) is 12.2 Å². The van der Waals surface area contributed by atoms with Gasteiger partial charge in [-0.1, -0.05) is 36.4 Å².